The van der Waals surface area contributed by atoms with Gasteiger partial charge in [0.25, 0.3) is 5.91 Å². The monoisotopic (exact) mass is 434 g/mol. The Kier molecular flexibility index (Phi) is 6.16. The van der Waals surface area contributed by atoms with Crippen LogP contribution in [0.1, 0.15) is 38.2 Å². The molecule has 3 aromatic rings. The van der Waals surface area contributed by atoms with Crippen LogP contribution in [0.2, 0.25) is 0 Å². The Bertz CT molecular complexity index is 1080. The molecule has 1 aliphatic heterocycles. The number of imide groups is 1. The number of amides is 3. The fourth-order valence-corrected chi connectivity index (χ4v) is 3.79. The summed E-state index contributed by atoms with van der Waals surface area (Å²) in [7, 11) is 0. The van der Waals surface area contributed by atoms with Crippen LogP contribution in [0.25, 0.3) is 0 Å². The van der Waals surface area contributed by atoms with Crippen molar-refractivity contribution in [1.29, 1.82) is 0 Å². The third-order valence-electron chi connectivity index (χ3n) is 5.15. The Balaban J connectivity index is 1.69. The van der Waals surface area contributed by atoms with Crippen molar-refractivity contribution in [1.82, 2.24) is 25.1 Å². The number of nitrogens with zero attached hydrogens (tertiary/aromatic N) is 6. The summed E-state index contributed by atoms with van der Waals surface area (Å²) in [5.41, 5.74) is 1.48. The van der Waals surface area contributed by atoms with Gasteiger partial charge in [0.15, 0.2) is 11.9 Å². The average molecular weight is 435 g/mol. The van der Waals surface area contributed by atoms with Crippen LogP contribution in [-0.2, 0) is 11.3 Å². The van der Waals surface area contributed by atoms with E-state index in [9.17, 15) is 9.59 Å². The van der Waals surface area contributed by atoms with E-state index in [1.54, 1.807) is 33.8 Å². The SMILES string of the molecule is CCOc1ccc(N2C(=O)C(c3nnnn3Cc3ccccc3)N(CC(C)C)C2=O)cc1. The molecule has 166 valence electrons. The van der Waals surface area contributed by atoms with Gasteiger partial charge >= 0.3 is 6.03 Å². The lowest BCUT2D eigenvalue weighted by atomic mass is 10.1. The molecule has 3 amide bonds. The van der Waals surface area contributed by atoms with Crippen LogP contribution in [0, 0.1) is 5.92 Å². The van der Waals surface area contributed by atoms with E-state index in [1.165, 1.54) is 4.90 Å². The Morgan fingerprint density at radius 1 is 1.03 bits per heavy atom. The van der Waals surface area contributed by atoms with Crippen molar-refractivity contribution in [2.45, 2.75) is 33.4 Å². The van der Waals surface area contributed by atoms with Gasteiger partial charge in [-0.25, -0.2) is 14.4 Å². The molecule has 1 aliphatic rings. The maximum atomic E-state index is 13.5. The van der Waals surface area contributed by atoms with Crippen LogP contribution >= 0.6 is 0 Å². The number of carbonyl (C=O) groups is 2. The number of hydrogen-bond donors (Lipinski definition) is 0. The fourth-order valence-electron chi connectivity index (χ4n) is 3.79. The Labute approximate surface area is 186 Å². The smallest absolute Gasteiger partial charge is 0.332 e. The van der Waals surface area contributed by atoms with E-state index in [-0.39, 0.29) is 17.9 Å². The van der Waals surface area contributed by atoms with E-state index in [0.29, 0.717) is 37.0 Å². The quantitative estimate of drug-likeness (QED) is 0.505. The maximum absolute atomic E-state index is 13.5. The van der Waals surface area contributed by atoms with Gasteiger partial charge in [-0.1, -0.05) is 44.2 Å². The minimum absolute atomic E-state index is 0.160. The minimum Gasteiger partial charge on any atom is -0.494 e. The molecular weight excluding hydrogens is 408 g/mol. The lowest BCUT2D eigenvalue weighted by Gasteiger charge is -2.23. The Morgan fingerprint density at radius 3 is 2.41 bits per heavy atom. The molecule has 1 aromatic heterocycles. The second-order valence-electron chi connectivity index (χ2n) is 8.01. The topological polar surface area (TPSA) is 93.5 Å². The normalized spacial score (nSPS) is 16.3. The second-order valence-corrected chi connectivity index (χ2v) is 8.01. The van der Waals surface area contributed by atoms with Gasteiger partial charge in [-0.2, -0.15) is 0 Å². The molecule has 0 spiro atoms. The van der Waals surface area contributed by atoms with Crippen molar-refractivity contribution in [2.24, 2.45) is 5.92 Å². The third-order valence-corrected chi connectivity index (χ3v) is 5.15. The number of benzene rings is 2. The summed E-state index contributed by atoms with van der Waals surface area (Å²) in [5, 5.41) is 12.0. The van der Waals surface area contributed by atoms with Crippen molar-refractivity contribution in [3.05, 3.63) is 66.0 Å². The summed E-state index contributed by atoms with van der Waals surface area (Å²) >= 11 is 0. The number of ether oxygens (including phenoxy) is 1. The molecular formula is C23H26N6O3. The molecule has 0 saturated carbocycles. The van der Waals surface area contributed by atoms with E-state index >= 15 is 0 Å². The molecule has 1 fully saturated rings. The van der Waals surface area contributed by atoms with Gasteiger partial charge in [-0.3, -0.25) is 4.79 Å². The zero-order valence-electron chi connectivity index (χ0n) is 18.4. The predicted molar refractivity (Wildman–Crippen MR) is 118 cm³/mol. The van der Waals surface area contributed by atoms with Crippen molar-refractivity contribution in [3.8, 4) is 5.75 Å². The van der Waals surface area contributed by atoms with Gasteiger partial charge in [0.05, 0.1) is 18.8 Å². The number of carbonyl (C=O) groups excluding carboxylic acids is 2. The van der Waals surface area contributed by atoms with E-state index in [0.717, 1.165) is 5.56 Å². The first-order chi connectivity index (χ1) is 15.5. The summed E-state index contributed by atoms with van der Waals surface area (Å²) in [6, 6.07) is 15.4. The first kappa shape index (κ1) is 21.5. The molecule has 9 heteroatoms. The first-order valence-electron chi connectivity index (χ1n) is 10.7. The van der Waals surface area contributed by atoms with Crippen LogP contribution in [0.5, 0.6) is 5.75 Å². The minimum atomic E-state index is -0.893. The number of hydrogen-bond acceptors (Lipinski definition) is 6. The number of urea groups is 1. The molecule has 2 aromatic carbocycles. The molecule has 0 N–H and O–H groups in total. The fraction of sp³-hybridized carbons (Fsp3) is 0.348. The lowest BCUT2D eigenvalue weighted by Crippen LogP contribution is -2.35. The van der Waals surface area contributed by atoms with Crippen LogP contribution < -0.4 is 9.64 Å². The van der Waals surface area contributed by atoms with Crippen LogP contribution in [-0.4, -0.2) is 50.2 Å². The highest BCUT2D eigenvalue weighted by atomic mass is 16.5. The summed E-state index contributed by atoms with van der Waals surface area (Å²) < 4.78 is 7.06. The first-order valence-corrected chi connectivity index (χ1v) is 10.7. The highest BCUT2D eigenvalue weighted by molar-refractivity contribution is 6.21. The summed E-state index contributed by atoms with van der Waals surface area (Å²) in [4.78, 5) is 29.7. The van der Waals surface area contributed by atoms with Gasteiger partial charge in [0.2, 0.25) is 0 Å². The molecule has 0 bridgehead atoms. The summed E-state index contributed by atoms with van der Waals surface area (Å²) in [5.74, 6) is 0.816. The van der Waals surface area contributed by atoms with E-state index in [4.69, 9.17) is 4.74 Å². The molecule has 1 unspecified atom stereocenters. The van der Waals surface area contributed by atoms with E-state index < -0.39 is 6.04 Å². The van der Waals surface area contributed by atoms with Crippen molar-refractivity contribution in [2.75, 3.05) is 18.1 Å². The predicted octanol–water partition coefficient (Wildman–Crippen LogP) is 3.29. The van der Waals surface area contributed by atoms with Gasteiger partial charge < -0.3 is 9.64 Å². The second kappa shape index (κ2) is 9.17. The third kappa shape index (κ3) is 4.18. The van der Waals surface area contributed by atoms with Crippen molar-refractivity contribution >= 4 is 17.6 Å². The molecule has 32 heavy (non-hydrogen) atoms. The molecule has 4 rings (SSSR count). The largest absolute Gasteiger partial charge is 0.494 e. The highest BCUT2D eigenvalue weighted by Gasteiger charge is 2.49. The zero-order valence-corrected chi connectivity index (χ0v) is 18.4. The maximum Gasteiger partial charge on any atom is 0.332 e. The zero-order chi connectivity index (χ0) is 22.7. The van der Waals surface area contributed by atoms with Crippen LogP contribution in [0.4, 0.5) is 10.5 Å². The molecule has 2 heterocycles. The number of aromatic nitrogens is 4. The van der Waals surface area contributed by atoms with Gasteiger partial charge in [-0.05, 0) is 53.1 Å². The van der Waals surface area contributed by atoms with Crippen LogP contribution in [0.3, 0.4) is 0 Å². The van der Waals surface area contributed by atoms with Crippen LogP contribution in [0.15, 0.2) is 54.6 Å². The molecule has 9 nitrogen and oxygen atoms in total. The van der Waals surface area contributed by atoms with Gasteiger partial charge in [-0.15, -0.1) is 5.10 Å². The number of rotatable bonds is 8. The average Bonchev–Trinajstić information content (AvgIpc) is 3.31. The Hall–Kier alpha value is -3.75. The molecule has 1 atom stereocenters. The lowest BCUT2D eigenvalue weighted by molar-refractivity contribution is -0.120. The highest BCUT2D eigenvalue weighted by Crippen LogP contribution is 2.34. The van der Waals surface area contributed by atoms with Gasteiger partial charge in [0.1, 0.15) is 5.75 Å². The Morgan fingerprint density at radius 2 is 1.75 bits per heavy atom. The summed E-state index contributed by atoms with van der Waals surface area (Å²) in [6.07, 6.45) is 0. The van der Waals surface area contributed by atoms with Gasteiger partial charge in [0, 0.05) is 6.54 Å². The number of anilines is 1. The molecule has 0 aliphatic carbocycles. The van der Waals surface area contributed by atoms with Crippen molar-refractivity contribution in [3.63, 3.8) is 0 Å². The molecule has 1 saturated heterocycles. The van der Waals surface area contributed by atoms with E-state index in [2.05, 4.69) is 15.5 Å². The van der Waals surface area contributed by atoms with E-state index in [1.807, 2.05) is 51.1 Å². The standard InChI is InChI=1S/C23H26N6O3/c1-4-32-19-12-10-18(11-13-19)29-22(30)20(27(23(29)31)14-16(2)3)21-24-25-26-28(21)15-17-8-6-5-7-9-17/h5-13,16,20H,4,14-15H2,1-3H3. The molecule has 0 radical (unpaired) electrons. The van der Waals surface area contributed by atoms with Crippen molar-refractivity contribution < 1.29 is 14.3 Å². The summed E-state index contributed by atoms with van der Waals surface area (Å²) in [6.45, 7) is 7.24. The number of tetrazole rings is 1.